The lowest BCUT2D eigenvalue weighted by molar-refractivity contribution is 0.214. The third kappa shape index (κ3) is 3.90. The normalized spacial score (nSPS) is 16.8. The van der Waals surface area contributed by atoms with Gasteiger partial charge in [0.2, 0.25) is 0 Å². The van der Waals surface area contributed by atoms with E-state index in [0.717, 1.165) is 27.9 Å². The number of carbonyl (C=O) groups excluding carboxylic acids is 1. The molecule has 0 spiro atoms. The van der Waals surface area contributed by atoms with E-state index in [0.29, 0.717) is 12.3 Å². The van der Waals surface area contributed by atoms with Crippen molar-refractivity contribution in [2.24, 2.45) is 0 Å². The first-order chi connectivity index (χ1) is 12.0. The highest BCUT2D eigenvalue weighted by molar-refractivity contribution is 9.10. The van der Waals surface area contributed by atoms with Crippen molar-refractivity contribution < 1.29 is 18.3 Å². The second-order valence-corrected chi connectivity index (χ2v) is 7.41. The summed E-state index contributed by atoms with van der Waals surface area (Å²) in [4.78, 5) is 14.2. The summed E-state index contributed by atoms with van der Waals surface area (Å²) in [5, 5.41) is 2.32. The molecule has 2 aromatic carbocycles. The number of hydrogen-bond donors (Lipinski definition) is 1. The van der Waals surface area contributed by atoms with Crippen LogP contribution in [0.2, 0.25) is 0 Å². The number of benzene rings is 2. The number of amides is 2. The maximum absolute atomic E-state index is 13.8. The van der Waals surface area contributed by atoms with Gasteiger partial charge in [0.1, 0.15) is 22.8 Å². The number of rotatable bonds is 3. The lowest BCUT2D eigenvalue weighted by Crippen LogP contribution is -2.34. The van der Waals surface area contributed by atoms with E-state index in [4.69, 9.17) is 4.74 Å². The van der Waals surface area contributed by atoms with Crippen molar-refractivity contribution in [3.05, 3.63) is 58.1 Å². The van der Waals surface area contributed by atoms with E-state index in [1.54, 1.807) is 23.8 Å². The number of thioether (sulfide) groups is 1. The molecular formula is C17H15BrF2N2O2S. The van der Waals surface area contributed by atoms with Gasteiger partial charge in [-0.3, -0.25) is 0 Å². The standard InChI is InChI=1S/C17H15BrF2N2O2S/c1-24-15-5-2-10(8-12(15)18)16-22(6-7-25-16)17(23)21-14-4-3-11(19)9-13(14)20/h2-5,8-9,16H,6-7H2,1H3,(H,21,23). The fraction of sp³-hybridized carbons (Fsp3) is 0.235. The van der Waals surface area contributed by atoms with E-state index in [2.05, 4.69) is 21.2 Å². The number of urea groups is 1. The van der Waals surface area contributed by atoms with Crippen molar-refractivity contribution in [1.82, 2.24) is 4.90 Å². The summed E-state index contributed by atoms with van der Waals surface area (Å²) in [7, 11) is 1.58. The van der Waals surface area contributed by atoms with Crippen LogP contribution in [0, 0.1) is 11.6 Å². The van der Waals surface area contributed by atoms with Crippen LogP contribution < -0.4 is 10.1 Å². The van der Waals surface area contributed by atoms with E-state index in [9.17, 15) is 13.6 Å². The first-order valence-electron chi connectivity index (χ1n) is 7.47. The first kappa shape index (κ1) is 18.0. The van der Waals surface area contributed by atoms with Crippen LogP contribution in [0.5, 0.6) is 5.75 Å². The molecule has 0 bridgehead atoms. The number of nitrogens with zero attached hydrogens (tertiary/aromatic N) is 1. The Morgan fingerprint density at radius 1 is 1.32 bits per heavy atom. The minimum Gasteiger partial charge on any atom is -0.496 e. The number of methoxy groups -OCH3 is 1. The minimum atomic E-state index is -0.802. The molecule has 3 rings (SSSR count). The number of nitrogens with one attached hydrogen (secondary N) is 1. The maximum Gasteiger partial charge on any atom is 0.323 e. The van der Waals surface area contributed by atoms with Crippen molar-refractivity contribution >= 4 is 39.4 Å². The third-order valence-corrected chi connectivity index (χ3v) is 5.67. The van der Waals surface area contributed by atoms with Crippen LogP contribution in [-0.4, -0.2) is 30.3 Å². The van der Waals surface area contributed by atoms with E-state index in [1.165, 1.54) is 6.07 Å². The van der Waals surface area contributed by atoms with E-state index in [1.807, 2.05) is 18.2 Å². The highest BCUT2D eigenvalue weighted by Crippen LogP contribution is 2.40. The predicted molar refractivity (Wildman–Crippen MR) is 98.0 cm³/mol. The molecule has 2 aromatic rings. The smallest absolute Gasteiger partial charge is 0.323 e. The van der Waals surface area contributed by atoms with Crippen molar-refractivity contribution in [2.45, 2.75) is 5.37 Å². The lowest BCUT2D eigenvalue weighted by Gasteiger charge is -2.25. The van der Waals surface area contributed by atoms with Gasteiger partial charge in [0.25, 0.3) is 0 Å². The summed E-state index contributed by atoms with van der Waals surface area (Å²) in [6, 6.07) is 8.26. The Bertz CT molecular complexity index is 806. The number of ether oxygens (including phenoxy) is 1. The second-order valence-electron chi connectivity index (χ2n) is 5.36. The Morgan fingerprint density at radius 3 is 2.80 bits per heavy atom. The monoisotopic (exact) mass is 428 g/mol. The average Bonchev–Trinajstić information content (AvgIpc) is 3.07. The van der Waals surface area contributed by atoms with Crippen molar-refractivity contribution in [1.29, 1.82) is 0 Å². The van der Waals surface area contributed by atoms with Crippen LogP contribution in [-0.2, 0) is 0 Å². The molecule has 1 atom stereocenters. The van der Waals surface area contributed by atoms with Gasteiger partial charge in [-0.05, 0) is 45.8 Å². The Labute approximate surface area is 156 Å². The van der Waals surface area contributed by atoms with Crippen LogP contribution in [0.25, 0.3) is 0 Å². The third-order valence-electron chi connectivity index (χ3n) is 3.79. The molecule has 2 amide bonds. The van der Waals surface area contributed by atoms with Gasteiger partial charge in [0, 0.05) is 18.4 Å². The molecule has 4 nitrogen and oxygen atoms in total. The average molecular weight is 429 g/mol. The number of carbonyl (C=O) groups is 1. The van der Waals surface area contributed by atoms with Crippen molar-refractivity contribution in [3.63, 3.8) is 0 Å². The van der Waals surface area contributed by atoms with E-state index in [-0.39, 0.29) is 11.1 Å². The predicted octanol–water partition coefficient (Wildman–Crippen LogP) is 5.02. The molecule has 1 fully saturated rings. The van der Waals surface area contributed by atoms with Gasteiger partial charge < -0.3 is 15.0 Å². The quantitative estimate of drug-likeness (QED) is 0.746. The fourth-order valence-electron chi connectivity index (χ4n) is 2.57. The number of halogens is 3. The van der Waals surface area contributed by atoms with Gasteiger partial charge in [-0.1, -0.05) is 6.07 Å². The molecule has 1 aliphatic rings. The van der Waals surface area contributed by atoms with Crippen LogP contribution in [0.15, 0.2) is 40.9 Å². The zero-order chi connectivity index (χ0) is 18.0. The van der Waals surface area contributed by atoms with Crippen molar-refractivity contribution in [2.75, 3.05) is 24.7 Å². The van der Waals surface area contributed by atoms with Crippen molar-refractivity contribution in [3.8, 4) is 5.75 Å². The summed E-state index contributed by atoms with van der Waals surface area (Å²) < 4.78 is 32.8. The van der Waals surface area contributed by atoms with Gasteiger partial charge in [0.05, 0.1) is 17.3 Å². The van der Waals surface area contributed by atoms with Gasteiger partial charge in [0.15, 0.2) is 0 Å². The SMILES string of the molecule is COc1ccc(C2SCCN2C(=O)Nc2ccc(F)cc2F)cc1Br. The molecule has 0 saturated carbocycles. The minimum absolute atomic E-state index is 0.0436. The molecular weight excluding hydrogens is 414 g/mol. The molecule has 1 N–H and O–H groups in total. The van der Waals surface area contributed by atoms with Gasteiger partial charge >= 0.3 is 6.03 Å². The molecule has 1 saturated heterocycles. The summed E-state index contributed by atoms with van der Waals surface area (Å²) in [6.45, 7) is 0.535. The van der Waals surface area contributed by atoms with Crippen LogP contribution >= 0.6 is 27.7 Å². The Morgan fingerprint density at radius 2 is 2.12 bits per heavy atom. The van der Waals surface area contributed by atoms with Crippen LogP contribution in [0.4, 0.5) is 19.3 Å². The Balaban J connectivity index is 1.78. The first-order valence-corrected chi connectivity index (χ1v) is 9.31. The highest BCUT2D eigenvalue weighted by atomic mass is 79.9. The number of hydrogen-bond acceptors (Lipinski definition) is 3. The molecule has 0 radical (unpaired) electrons. The highest BCUT2D eigenvalue weighted by Gasteiger charge is 2.31. The lowest BCUT2D eigenvalue weighted by atomic mass is 10.2. The maximum atomic E-state index is 13.8. The summed E-state index contributed by atoms with van der Waals surface area (Å²) in [5.41, 5.74) is 0.892. The van der Waals surface area contributed by atoms with E-state index < -0.39 is 17.7 Å². The molecule has 0 aliphatic carbocycles. The van der Waals surface area contributed by atoms with Gasteiger partial charge in [-0.15, -0.1) is 11.8 Å². The number of anilines is 1. The molecule has 8 heteroatoms. The topological polar surface area (TPSA) is 41.6 Å². The Kier molecular flexibility index (Phi) is 5.48. The van der Waals surface area contributed by atoms with Gasteiger partial charge in [-0.25, -0.2) is 13.6 Å². The molecule has 132 valence electrons. The van der Waals surface area contributed by atoms with Crippen LogP contribution in [0.1, 0.15) is 10.9 Å². The van der Waals surface area contributed by atoms with Gasteiger partial charge in [-0.2, -0.15) is 0 Å². The zero-order valence-corrected chi connectivity index (χ0v) is 15.7. The Hall–Kier alpha value is -1.80. The molecule has 0 aromatic heterocycles. The van der Waals surface area contributed by atoms with E-state index >= 15 is 0 Å². The zero-order valence-electron chi connectivity index (χ0n) is 13.3. The summed E-state index contributed by atoms with van der Waals surface area (Å²) in [5.74, 6) is -0.0126. The molecule has 25 heavy (non-hydrogen) atoms. The molecule has 1 heterocycles. The fourth-order valence-corrected chi connectivity index (χ4v) is 4.37. The summed E-state index contributed by atoms with van der Waals surface area (Å²) >= 11 is 5.06. The summed E-state index contributed by atoms with van der Waals surface area (Å²) in [6.07, 6.45) is 0. The molecule has 1 aliphatic heterocycles. The molecule has 1 unspecified atom stereocenters. The van der Waals surface area contributed by atoms with Crippen LogP contribution in [0.3, 0.4) is 0 Å². The second kappa shape index (κ2) is 7.61. The largest absolute Gasteiger partial charge is 0.496 e.